The lowest BCUT2D eigenvalue weighted by Gasteiger charge is -2.38. The number of nitrogens with zero attached hydrogens (tertiary/aromatic N) is 3. The SMILES string of the molecule is COCC(C)N1CCN(c2ccc(S(=O)(=O)C(C)(C)C)nc2)CC1. The average molecular weight is 356 g/mol. The number of methoxy groups -OCH3 is 1. The van der Waals surface area contributed by atoms with Crippen LogP contribution in [0.25, 0.3) is 0 Å². The molecule has 0 radical (unpaired) electrons. The van der Waals surface area contributed by atoms with Gasteiger partial charge in [0.25, 0.3) is 0 Å². The molecule has 0 amide bonds. The highest BCUT2D eigenvalue weighted by molar-refractivity contribution is 7.92. The molecule has 1 saturated heterocycles. The van der Waals surface area contributed by atoms with Crippen molar-refractivity contribution < 1.29 is 13.2 Å². The molecule has 0 N–H and O–H groups in total. The molecule has 1 aromatic rings. The predicted molar refractivity (Wildman–Crippen MR) is 96.3 cm³/mol. The van der Waals surface area contributed by atoms with E-state index in [1.165, 1.54) is 0 Å². The minimum atomic E-state index is -3.40. The van der Waals surface area contributed by atoms with E-state index in [0.717, 1.165) is 38.5 Å². The number of hydrogen-bond acceptors (Lipinski definition) is 6. The van der Waals surface area contributed by atoms with Crippen LogP contribution < -0.4 is 4.90 Å². The van der Waals surface area contributed by atoms with Crippen molar-refractivity contribution in [2.24, 2.45) is 0 Å². The Bertz CT molecular complexity index is 630. The molecular weight excluding hydrogens is 326 g/mol. The van der Waals surface area contributed by atoms with Crippen molar-refractivity contribution in [3.05, 3.63) is 18.3 Å². The van der Waals surface area contributed by atoms with Crippen LogP contribution in [0.4, 0.5) is 5.69 Å². The summed E-state index contributed by atoms with van der Waals surface area (Å²) in [5.41, 5.74) is 0.974. The van der Waals surface area contributed by atoms with Crippen LogP contribution in [0.1, 0.15) is 27.7 Å². The zero-order valence-corrected chi connectivity index (χ0v) is 16.1. The van der Waals surface area contributed by atoms with Gasteiger partial charge in [-0.2, -0.15) is 0 Å². The van der Waals surface area contributed by atoms with E-state index in [4.69, 9.17) is 4.74 Å². The molecule has 0 spiro atoms. The number of anilines is 1. The predicted octanol–water partition coefficient (Wildman–Crippen LogP) is 1.81. The molecule has 1 aliphatic rings. The minimum Gasteiger partial charge on any atom is -0.383 e. The summed E-state index contributed by atoms with van der Waals surface area (Å²) < 4.78 is 29.2. The van der Waals surface area contributed by atoms with Gasteiger partial charge in [-0.15, -0.1) is 0 Å². The Kier molecular flexibility index (Phi) is 5.88. The summed E-state index contributed by atoms with van der Waals surface area (Å²) in [5.74, 6) is 0. The summed E-state index contributed by atoms with van der Waals surface area (Å²) in [7, 11) is -1.67. The Balaban J connectivity index is 2.03. The lowest BCUT2D eigenvalue weighted by molar-refractivity contribution is 0.0953. The van der Waals surface area contributed by atoms with E-state index in [2.05, 4.69) is 21.7 Å². The number of hydrogen-bond donors (Lipinski definition) is 0. The van der Waals surface area contributed by atoms with Crippen molar-refractivity contribution >= 4 is 15.5 Å². The molecule has 0 aliphatic carbocycles. The van der Waals surface area contributed by atoms with Crippen molar-refractivity contribution in [3.8, 4) is 0 Å². The molecule has 0 bridgehead atoms. The number of pyridine rings is 1. The zero-order valence-electron chi connectivity index (χ0n) is 15.3. The molecule has 0 aromatic carbocycles. The van der Waals surface area contributed by atoms with Gasteiger partial charge < -0.3 is 9.64 Å². The molecule has 2 heterocycles. The van der Waals surface area contributed by atoms with E-state index in [1.54, 1.807) is 40.1 Å². The fourth-order valence-electron chi connectivity index (χ4n) is 2.80. The number of aromatic nitrogens is 1. The summed E-state index contributed by atoms with van der Waals surface area (Å²) in [4.78, 5) is 8.87. The van der Waals surface area contributed by atoms with E-state index in [1.807, 2.05) is 6.07 Å². The Morgan fingerprint density at radius 1 is 1.21 bits per heavy atom. The Hall–Kier alpha value is -1.18. The molecular formula is C17H29N3O3S. The molecule has 24 heavy (non-hydrogen) atoms. The Morgan fingerprint density at radius 3 is 2.29 bits per heavy atom. The molecule has 1 aromatic heterocycles. The van der Waals surface area contributed by atoms with Crippen LogP contribution >= 0.6 is 0 Å². The standard InChI is InChI=1S/C17H29N3O3S/c1-14(13-23-5)19-8-10-20(11-9-19)15-6-7-16(18-12-15)24(21,22)17(2,3)4/h6-7,12,14H,8-11,13H2,1-5H3. The molecule has 1 unspecified atom stereocenters. The number of sulfone groups is 1. The van der Waals surface area contributed by atoms with Crippen molar-refractivity contribution in [1.82, 2.24) is 9.88 Å². The summed E-state index contributed by atoms with van der Waals surface area (Å²) in [5, 5.41) is 0.145. The van der Waals surface area contributed by atoms with Crippen molar-refractivity contribution in [2.75, 3.05) is 44.8 Å². The van der Waals surface area contributed by atoms with Gasteiger partial charge >= 0.3 is 0 Å². The molecule has 1 aliphatic heterocycles. The summed E-state index contributed by atoms with van der Waals surface area (Å²) in [6, 6.07) is 3.89. The van der Waals surface area contributed by atoms with Crippen LogP contribution in [0.3, 0.4) is 0 Å². The lowest BCUT2D eigenvalue weighted by Crippen LogP contribution is -2.50. The molecule has 136 valence electrons. The third kappa shape index (κ3) is 4.07. The van der Waals surface area contributed by atoms with E-state index < -0.39 is 14.6 Å². The molecule has 0 saturated carbocycles. The first kappa shape index (κ1) is 19.1. The van der Waals surface area contributed by atoms with Gasteiger partial charge in [-0.05, 0) is 39.8 Å². The van der Waals surface area contributed by atoms with Crippen LogP contribution in [0.15, 0.2) is 23.4 Å². The lowest BCUT2D eigenvalue weighted by atomic mass is 10.2. The first-order valence-corrected chi connectivity index (χ1v) is 9.84. The van der Waals surface area contributed by atoms with Gasteiger partial charge in [0.05, 0.1) is 23.2 Å². The van der Waals surface area contributed by atoms with Gasteiger partial charge in [-0.1, -0.05) is 0 Å². The van der Waals surface area contributed by atoms with Crippen LogP contribution in [-0.4, -0.2) is 69.0 Å². The fourth-order valence-corrected chi connectivity index (χ4v) is 3.87. The Morgan fingerprint density at radius 2 is 1.83 bits per heavy atom. The van der Waals surface area contributed by atoms with Crippen LogP contribution in [0.5, 0.6) is 0 Å². The second-order valence-corrected chi connectivity index (χ2v) is 9.95. The highest BCUT2D eigenvalue weighted by atomic mass is 32.2. The molecule has 7 heteroatoms. The van der Waals surface area contributed by atoms with Crippen molar-refractivity contribution in [1.29, 1.82) is 0 Å². The highest BCUT2D eigenvalue weighted by Crippen LogP contribution is 2.25. The molecule has 1 atom stereocenters. The third-order valence-electron chi connectivity index (χ3n) is 4.51. The smallest absolute Gasteiger partial charge is 0.200 e. The topological polar surface area (TPSA) is 62.7 Å². The first-order chi connectivity index (χ1) is 11.2. The van der Waals surface area contributed by atoms with Crippen LogP contribution in [0, 0.1) is 0 Å². The quantitative estimate of drug-likeness (QED) is 0.803. The summed E-state index contributed by atoms with van der Waals surface area (Å²) >= 11 is 0. The van der Waals surface area contributed by atoms with Crippen LogP contribution in [-0.2, 0) is 14.6 Å². The zero-order chi connectivity index (χ0) is 18.0. The minimum absolute atomic E-state index is 0.145. The van der Waals surface area contributed by atoms with Crippen LogP contribution in [0.2, 0.25) is 0 Å². The number of ether oxygens (including phenoxy) is 1. The van der Waals surface area contributed by atoms with E-state index in [0.29, 0.717) is 6.04 Å². The monoisotopic (exact) mass is 355 g/mol. The summed E-state index contributed by atoms with van der Waals surface area (Å²) in [6.07, 6.45) is 1.67. The van der Waals surface area contributed by atoms with Gasteiger partial charge in [-0.3, -0.25) is 4.90 Å². The highest BCUT2D eigenvalue weighted by Gasteiger charge is 2.32. The first-order valence-electron chi connectivity index (χ1n) is 8.35. The average Bonchev–Trinajstić information content (AvgIpc) is 2.54. The maximum atomic E-state index is 12.4. The molecule has 6 nitrogen and oxygen atoms in total. The number of piperazine rings is 1. The normalized spacial score (nSPS) is 18.6. The van der Waals surface area contributed by atoms with E-state index in [9.17, 15) is 8.42 Å². The van der Waals surface area contributed by atoms with Crippen molar-refractivity contribution in [2.45, 2.75) is 43.5 Å². The van der Waals surface area contributed by atoms with Crippen molar-refractivity contribution in [3.63, 3.8) is 0 Å². The molecule has 1 fully saturated rings. The fraction of sp³-hybridized carbons (Fsp3) is 0.706. The van der Waals surface area contributed by atoms with Gasteiger partial charge in [0.15, 0.2) is 14.9 Å². The Labute approximate surface area is 145 Å². The number of rotatable bonds is 5. The maximum Gasteiger partial charge on any atom is 0.200 e. The third-order valence-corrected chi connectivity index (χ3v) is 6.92. The summed E-state index contributed by atoms with van der Waals surface area (Å²) in [6.45, 7) is 11.7. The van der Waals surface area contributed by atoms with Gasteiger partial charge in [0.2, 0.25) is 0 Å². The second kappa shape index (κ2) is 7.37. The van der Waals surface area contributed by atoms with Gasteiger partial charge in [-0.25, -0.2) is 13.4 Å². The largest absolute Gasteiger partial charge is 0.383 e. The molecule has 2 rings (SSSR count). The van der Waals surface area contributed by atoms with Gasteiger partial charge in [0, 0.05) is 39.3 Å². The second-order valence-electron chi connectivity index (χ2n) is 7.30. The van der Waals surface area contributed by atoms with E-state index in [-0.39, 0.29) is 5.03 Å². The van der Waals surface area contributed by atoms with Gasteiger partial charge in [0.1, 0.15) is 0 Å². The van der Waals surface area contributed by atoms with E-state index >= 15 is 0 Å². The maximum absolute atomic E-state index is 12.4.